The van der Waals surface area contributed by atoms with Crippen LogP contribution in [0.5, 0.6) is 17.2 Å². The van der Waals surface area contributed by atoms with Crippen molar-refractivity contribution in [1.82, 2.24) is 0 Å². The van der Waals surface area contributed by atoms with Crippen LogP contribution in [-0.4, -0.2) is 31.0 Å². The summed E-state index contributed by atoms with van der Waals surface area (Å²) in [6.07, 6.45) is 0. The lowest BCUT2D eigenvalue weighted by molar-refractivity contribution is 0.214. The van der Waals surface area contributed by atoms with Gasteiger partial charge in [-0.05, 0) is 22.0 Å². The zero-order chi connectivity index (χ0) is 13.2. The van der Waals surface area contributed by atoms with Crippen LogP contribution < -0.4 is 9.47 Å². The lowest BCUT2D eigenvalue weighted by Gasteiger charge is -2.25. The first-order chi connectivity index (χ1) is 7.88. The number of benzene rings is 1. The number of methoxy groups -OCH3 is 2. The maximum Gasteiger partial charge on any atom is 0.178 e. The van der Waals surface area contributed by atoms with Crippen molar-refractivity contribution in [2.75, 3.05) is 20.8 Å². The van der Waals surface area contributed by atoms with Crippen molar-refractivity contribution in [3.63, 3.8) is 0 Å². The van der Waals surface area contributed by atoms with Crippen LogP contribution in [0, 0.1) is 0 Å². The molecule has 2 N–H and O–H groups in total. The van der Waals surface area contributed by atoms with Crippen molar-refractivity contribution >= 4 is 15.9 Å². The van der Waals surface area contributed by atoms with Crippen molar-refractivity contribution in [3.8, 4) is 17.2 Å². The average Bonchev–Trinajstić information content (AvgIpc) is 2.31. The summed E-state index contributed by atoms with van der Waals surface area (Å²) < 4.78 is 10.8. The molecular formula is C12H17BrO4. The van der Waals surface area contributed by atoms with E-state index in [0.29, 0.717) is 21.5 Å². The fraction of sp³-hybridized carbons (Fsp3) is 0.500. The molecule has 0 heterocycles. The number of aliphatic hydroxyl groups is 1. The van der Waals surface area contributed by atoms with E-state index in [1.165, 1.54) is 14.2 Å². The Bertz CT molecular complexity index is 415. The highest BCUT2D eigenvalue weighted by atomic mass is 79.9. The molecule has 0 amide bonds. The second kappa shape index (κ2) is 5.14. The highest BCUT2D eigenvalue weighted by molar-refractivity contribution is 9.10. The van der Waals surface area contributed by atoms with Gasteiger partial charge in [-0.25, -0.2) is 0 Å². The van der Waals surface area contributed by atoms with E-state index >= 15 is 0 Å². The van der Waals surface area contributed by atoms with Crippen molar-refractivity contribution in [2.24, 2.45) is 0 Å². The molecule has 1 aromatic carbocycles. The van der Waals surface area contributed by atoms with Crippen molar-refractivity contribution in [3.05, 3.63) is 16.1 Å². The molecule has 0 atom stereocenters. The largest absolute Gasteiger partial charge is 0.506 e. The van der Waals surface area contributed by atoms with Crippen LogP contribution in [0.15, 0.2) is 10.5 Å². The number of aliphatic hydroxyl groups excluding tert-OH is 1. The summed E-state index contributed by atoms with van der Waals surface area (Å²) in [6, 6.07) is 1.68. The second-order valence-electron chi connectivity index (χ2n) is 4.36. The predicted molar refractivity (Wildman–Crippen MR) is 69.0 cm³/mol. The molecule has 4 nitrogen and oxygen atoms in total. The molecule has 5 heteroatoms. The molecule has 1 aromatic rings. The Kier molecular flexibility index (Phi) is 4.27. The monoisotopic (exact) mass is 304 g/mol. The Morgan fingerprint density at radius 3 is 2.29 bits per heavy atom. The van der Waals surface area contributed by atoms with E-state index in [1.807, 2.05) is 13.8 Å². The van der Waals surface area contributed by atoms with Crippen LogP contribution >= 0.6 is 15.9 Å². The molecule has 0 aliphatic rings. The molecule has 0 aliphatic heterocycles. The number of phenolic OH excluding ortho intramolecular Hbond substituents is 1. The number of aromatic hydroxyl groups is 1. The zero-order valence-corrected chi connectivity index (χ0v) is 12.0. The third-order valence-corrected chi connectivity index (χ3v) is 3.45. The molecule has 0 unspecified atom stereocenters. The maximum absolute atomic E-state index is 10.1. The van der Waals surface area contributed by atoms with E-state index in [0.717, 1.165) is 0 Å². The van der Waals surface area contributed by atoms with Gasteiger partial charge in [0.05, 0.1) is 20.8 Å². The summed E-state index contributed by atoms with van der Waals surface area (Å²) in [6.45, 7) is 3.59. The SMILES string of the molecule is COc1cc(C(C)(C)CO)c(O)c(Br)c1OC. The van der Waals surface area contributed by atoms with E-state index < -0.39 is 5.41 Å². The number of ether oxygens (including phenoxy) is 2. The molecule has 1 rings (SSSR count). The zero-order valence-electron chi connectivity index (χ0n) is 10.4. The van der Waals surface area contributed by atoms with Crippen LogP contribution in [0.3, 0.4) is 0 Å². The molecule has 0 fully saturated rings. The van der Waals surface area contributed by atoms with Gasteiger partial charge in [0.15, 0.2) is 11.5 Å². The summed E-state index contributed by atoms with van der Waals surface area (Å²) >= 11 is 3.27. The standard InChI is InChI=1S/C12H17BrO4/c1-12(2,6-14)7-5-8(16-3)11(17-4)9(13)10(7)15/h5,14-15H,6H2,1-4H3. The molecule has 0 saturated heterocycles. The summed E-state index contributed by atoms with van der Waals surface area (Å²) in [5, 5.41) is 19.5. The highest BCUT2D eigenvalue weighted by Crippen LogP contribution is 2.46. The van der Waals surface area contributed by atoms with E-state index in [9.17, 15) is 10.2 Å². The minimum absolute atomic E-state index is 0.0571. The Morgan fingerprint density at radius 2 is 1.88 bits per heavy atom. The first-order valence-corrected chi connectivity index (χ1v) is 5.93. The highest BCUT2D eigenvalue weighted by Gasteiger charge is 2.28. The van der Waals surface area contributed by atoms with Crippen LogP contribution in [-0.2, 0) is 5.41 Å². The number of phenols is 1. The fourth-order valence-corrected chi connectivity index (χ4v) is 2.11. The lowest BCUT2D eigenvalue weighted by atomic mass is 9.84. The van der Waals surface area contributed by atoms with Gasteiger partial charge in [0.2, 0.25) is 0 Å². The van der Waals surface area contributed by atoms with E-state index in [4.69, 9.17) is 9.47 Å². The number of hydrogen-bond acceptors (Lipinski definition) is 4. The summed E-state index contributed by atoms with van der Waals surface area (Å²) in [5.74, 6) is 0.998. The molecule has 0 saturated carbocycles. The van der Waals surface area contributed by atoms with Crippen LogP contribution in [0.1, 0.15) is 19.4 Å². The summed E-state index contributed by atoms with van der Waals surface area (Å²) in [5.41, 5.74) is 0.0381. The van der Waals surface area contributed by atoms with Gasteiger partial charge in [-0.2, -0.15) is 0 Å². The third-order valence-electron chi connectivity index (χ3n) is 2.71. The summed E-state index contributed by atoms with van der Waals surface area (Å²) in [7, 11) is 3.02. The Labute approximate surface area is 109 Å². The van der Waals surface area contributed by atoms with Gasteiger partial charge in [0.25, 0.3) is 0 Å². The van der Waals surface area contributed by atoms with Crippen molar-refractivity contribution in [1.29, 1.82) is 0 Å². The van der Waals surface area contributed by atoms with E-state index in [1.54, 1.807) is 6.07 Å². The van der Waals surface area contributed by atoms with Gasteiger partial charge < -0.3 is 19.7 Å². The van der Waals surface area contributed by atoms with Gasteiger partial charge in [-0.3, -0.25) is 0 Å². The molecule has 0 spiro atoms. The second-order valence-corrected chi connectivity index (χ2v) is 5.16. The normalized spacial score (nSPS) is 11.4. The number of halogens is 1. The smallest absolute Gasteiger partial charge is 0.178 e. The van der Waals surface area contributed by atoms with Gasteiger partial charge >= 0.3 is 0 Å². The first kappa shape index (κ1) is 14.1. The Balaban J connectivity index is 3.50. The van der Waals surface area contributed by atoms with E-state index in [2.05, 4.69) is 15.9 Å². The van der Waals surface area contributed by atoms with Gasteiger partial charge in [0.1, 0.15) is 10.2 Å². The lowest BCUT2D eigenvalue weighted by Crippen LogP contribution is -2.22. The predicted octanol–water partition coefficient (Wildman–Crippen LogP) is 2.44. The minimum atomic E-state index is -0.563. The average molecular weight is 305 g/mol. The Hall–Kier alpha value is -0.940. The van der Waals surface area contributed by atoms with Crippen LogP contribution in [0.4, 0.5) is 0 Å². The molecule has 96 valence electrons. The van der Waals surface area contributed by atoms with Crippen molar-refractivity contribution in [2.45, 2.75) is 19.3 Å². The first-order valence-electron chi connectivity index (χ1n) is 5.13. The van der Waals surface area contributed by atoms with Gasteiger partial charge in [-0.15, -0.1) is 0 Å². The molecular weight excluding hydrogens is 288 g/mol. The molecule has 17 heavy (non-hydrogen) atoms. The quantitative estimate of drug-likeness (QED) is 0.897. The molecule has 0 radical (unpaired) electrons. The topological polar surface area (TPSA) is 58.9 Å². The molecule has 0 bridgehead atoms. The molecule has 0 aromatic heterocycles. The van der Waals surface area contributed by atoms with Crippen LogP contribution in [0.25, 0.3) is 0 Å². The minimum Gasteiger partial charge on any atom is -0.506 e. The Morgan fingerprint density at radius 1 is 1.29 bits per heavy atom. The number of hydrogen-bond donors (Lipinski definition) is 2. The third kappa shape index (κ3) is 2.50. The fourth-order valence-electron chi connectivity index (χ4n) is 1.54. The number of rotatable bonds is 4. The van der Waals surface area contributed by atoms with Crippen LogP contribution in [0.2, 0.25) is 0 Å². The summed E-state index contributed by atoms with van der Waals surface area (Å²) in [4.78, 5) is 0. The molecule has 0 aliphatic carbocycles. The maximum atomic E-state index is 10.1. The van der Waals surface area contributed by atoms with E-state index in [-0.39, 0.29) is 12.4 Å². The van der Waals surface area contributed by atoms with Crippen molar-refractivity contribution < 1.29 is 19.7 Å². The van der Waals surface area contributed by atoms with Gasteiger partial charge in [-0.1, -0.05) is 13.8 Å². The van der Waals surface area contributed by atoms with Gasteiger partial charge in [0, 0.05) is 11.0 Å².